The largest absolute Gasteiger partial charge is 0.463 e. The molecule has 0 aromatic rings. The second-order valence-corrected chi connectivity index (χ2v) is 15.8. The number of rotatable bonds is 9. The summed E-state index contributed by atoms with van der Waals surface area (Å²) in [4.78, 5) is 35.2. The number of fused-ring (bicyclic) bond motifs is 5. The van der Waals surface area contributed by atoms with Crippen LogP contribution in [0.2, 0.25) is 0 Å². The lowest BCUT2D eigenvalue weighted by Gasteiger charge is -2.61. The minimum atomic E-state index is -1.46. The fourth-order valence-corrected chi connectivity index (χ4v) is 10.00. The van der Waals surface area contributed by atoms with E-state index in [-0.39, 0.29) is 40.3 Å². The summed E-state index contributed by atoms with van der Waals surface area (Å²) in [5, 5.41) is 11.1. The quantitative estimate of drug-likeness (QED) is 0.222. The number of allylic oxidation sites excluding steroid dienone is 4. The van der Waals surface area contributed by atoms with Crippen molar-refractivity contribution in [3.63, 3.8) is 0 Å². The molecule has 4 aliphatic carbocycles. The maximum atomic E-state index is 11.9. The van der Waals surface area contributed by atoms with Gasteiger partial charge in [-0.25, -0.2) is 0 Å². The molecule has 9 atom stereocenters. The van der Waals surface area contributed by atoms with E-state index in [9.17, 15) is 19.5 Å². The van der Waals surface area contributed by atoms with Gasteiger partial charge in [0.2, 0.25) is 0 Å². The van der Waals surface area contributed by atoms with Crippen molar-refractivity contribution in [1.82, 2.24) is 0 Å². The highest BCUT2D eigenvalue weighted by atomic mass is 16.6. The van der Waals surface area contributed by atoms with Gasteiger partial charge in [-0.15, -0.1) is 0 Å². The molecule has 0 aromatic carbocycles. The molecule has 242 valence electrons. The van der Waals surface area contributed by atoms with E-state index in [0.717, 1.165) is 44.9 Å². The Kier molecular flexibility index (Phi) is 9.14. The molecule has 0 radical (unpaired) electrons. The lowest BCUT2D eigenvalue weighted by atomic mass is 9.44. The number of hydrogen-bond acceptors (Lipinski definition) is 7. The zero-order chi connectivity index (χ0) is 32.2. The Morgan fingerprint density at radius 3 is 2.23 bits per heavy atom. The predicted molar refractivity (Wildman–Crippen MR) is 166 cm³/mol. The molecule has 0 bridgehead atoms. The van der Waals surface area contributed by atoms with Crippen LogP contribution in [0.25, 0.3) is 0 Å². The van der Waals surface area contributed by atoms with Gasteiger partial charge in [0, 0.05) is 26.2 Å². The van der Waals surface area contributed by atoms with E-state index in [1.54, 1.807) is 12.5 Å². The topological polar surface area (TPSA) is 99.1 Å². The lowest BCUT2D eigenvalue weighted by molar-refractivity contribution is -0.174. The summed E-state index contributed by atoms with van der Waals surface area (Å²) in [6.07, 6.45) is 11.8. The first kappa shape index (κ1) is 33.7. The number of carbonyl (C=O) groups is 3. The molecular formula is C36H56O7. The van der Waals surface area contributed by atoms with Crippen LogP contribution in [0.1, 0.15) is 121 Å². The van der Waals surface area contributed by atoms with Gasteiger partial charge in [0.1, 0.15) is 24.4 Å². The number of carbonyl (C=O) groups excluding carboxylic acids is 3. The highest BCUT2D eigenvalue weighted by Crippen LogP contribution is 2.71. The minimum Gasteiger partial charge on any atom is -0.463 e. The van der Waals surface area contributed by atoms with E-state index in [1.807, 2.05) is 0 Å². The number of aliphatic hydroxyl groups is 1. The maximum absolute atomic E-state index is 11.9. The Hall–Kier alpha value is -2.15. The van der Waals surface area contributed by atoms with E-state index in [4.69, 9.17) is 14.2 Å². The van der Waals surface area contributed by atoms with Crippen LogP contribution in [-0.2, 0) is 28.6 Å². The molecule has 4 rings (SSSR count). The third-order valence-electron chi connectivity index (χ3n) is 12.7. The zero-order valence-electron chi connectivity index (χ0n) is 28.3. The first-order valence-corrected chi connectivity index (χ1v) is 16.4. The second kappa shape index (κ2) is 11.7. The second-order valence-electron chi connectivity index (χ2n) is 15.8. The van der Waals surface area contributed by atoms with Crippen molar-refractivity contribution in [2.24, 2.45) is 39.4 Å². The molecule has 0 amide bonds. The lowest BCUT2D eigenvalue weighted by Crippen LogP contribution is -2.55. The molecule has 0 heterocycles. The Bertz CT molecular complexity index is 1180. The highest BCUT2D eigenvalue weighted by Gasteiger charge is 2.63. The van der Waals surface area contributed by atoms with Gasteiger partial charge < -0.3 is 19.3 Å². The van der Waals surface area contributed by atoms with Crippen LogP contribution in [0.15, 0.2) is 23.3 Å². The van der Waals surface area contributed by atoms with Gasteiger partial charge in [0.15, 0.2) is 0 Å². The summed E-state index contributed by atoms with van der Waals surface area (Å²) < 4.78 is 16.5. The van der Waals surface area contributed by atoms with Crippen molar-refractivity contribution in [3.8, 4) is 0 Å². The van der Waals surface area contributed by atoms with Crippen LogP contribution in [-0.4, -0.2) is 47.4 Å². The molecule has 7 nitrogen and oxygen atoms in total. The van der Waals surface area contributed by atoms with Crippen LogP contribution in [0.3, 0.4) is 0 Å². The van der Waals surface area contributed by atoms with Crippen molar-refractivity contribution < 1.29 is 33.7 Å². The third kappa shape index (κ3) is 5.84. The van der Waals surface area contributed by atoms with Gasteiger partial charge in [0.25, 0.3) is 0 Å². The van der Waals surface area contributed by atoms with Gasteiger partial charge in [-0.1, -0.05) is 53.7 Å². The van der Waals surface area contributed by atoms with Crippen molar-refractivity contribution in [1.29, 1.82) is 0 Å². The molecule has 0 saturated heterocycles. The first-order chi connectivity index (χ1) is 19.8. The van der Waals surface area contributed by atoms with Gasteiger partial charge in [0.05, 0.1) is 0 Å². The molecule has 0 spiro atoms. The molecular weight excluding hydrogens is 544 g/mol. The van der Waals surface area contributed by atoms with Gasteiger partial charge in [-0.05, 0) is 103 Å². The predicted octanol–water partition coefficient (Wildman–Crippen LogP) is 7.11. The van der Waals surface area contributed by atoms with Crippen molar-refractivity contribution in [2.75, 3.05) is 6.61 Å². The molecule has 2 saturated carbocycles. The van der Waals surface area contributed by atoms with Crippen molar-refractivity contribution in [3.05, 3.63) is 23.3 Å². The highest BCUT2D eigenvalue weighted by molar-refractivity contribution is 5.67. The van der Waals surface area contributed by atoms with Crippen LogP contribution in [0.5, 0.6) is 0 Å². The number of esters is 3. The van der Waals surface area contributed by atoms with Gasteiger partial charge in [-0.2, -0.15) is 0 Å². The van der Waals surface area contributed by atoms with Crippen LogP contribution >= 0.6 is 0 Å². The average Bonchev–Trinajstić information content (AvgIpc) is 3.18. The summed E-state index contributed by atoms with van der Waals surface area (Å²) >= 11 is 0. The van der Waals surface area contributed by atoms with Gasteiger partial charge >= 0.3 is 17.9 Å². The molecule has 2 fully saturated rings. The van der Waals surface area contributed by atoms with Crippen LogP contribution in [0.4, 0.5) is 0 Å². The fraction of sp³-hybridized carbons (Fsp3) is 0.806. The zero-order valence-corrected chi connectivity index (χ0v) is 28.3. The Balaban J connectivity index is 1.55. The van der Waals surface area contributed by atoms with Crippen LogP contribution < -0.4 is 0 Å². The Morgan fingerprint density at radius 1 is 0.953 bits per heavy atom. The van der Waals surface area contributed by atoms with E-state index >= 15 is 0 Å². The summed E-state index contributed by atoms with van der Waals surface area (Å²) in [5.74, 6) is 0.134. The minimum absolute atomic E-state index is 0.0506. The summed E-state index contributed by atoms with van der Waals surface area (Å²) in [6.45, 7) is 19.8. The molecule has 0 aromatic heterocycles. The van der Waals surface area contributed by atoms with E-state index < -0.39 is 23.6 Å². The maximum Gasteiger partial charge on any atom is 0.303 e. The molecule has 9 unspecified atom stereocenters. The number of hydrogen-bond donors (Lipinski definition) is 1. The van der Waals surface area contributed by atoms with Crippen molar-refractivity contribution in [2.45, 2.75) is 138 Å². The smallest absolute Gasteiger partial charge is 0.303 e. The molecule has 7 heteroatoms. The standard InChI is InChI=1S/C36H56O7/c1-22(11-14-31(43-25(4)39)36(10,40)21-41-23(2)37)26-15-19-35(9)28-12-13-29-32(5,6)30(42-24(3)38)17-18-33(29,7)27(28)16-20-34(26,35)8/h12,16,22,26,29-31,40H,11,13-15,17-21H2,1-10H3. The molecule has 0 aliphatic heterocycles. The fourth-order valence-electron chi connectivity index (χ4n) is 10.00. The summed E-state index contributed by atoms with van der Waals surface area (Å²) in [6, 6.07) is 0. The van der Waals surface area contributed by atoms with Crippen molar-refractivity contribution >= 4 is 17.9 Å². The molecule has 4 aliphatic rings. The summed E-state index contributed by atoms with van der Waals surface area (Å²) in [7, 11) is 0. The summed E-state index contributed by atoms with van der Waals surface area (Å²) in [5.41, 5.74) is 1.72. The SMILES string of the molecule is CC(=O)OCC(C)(O)C(CCC(C)C1CCC2(C)C3=CCC4C(C)(CCC(OC(C)=O)C4(C)C)C3=CCC12C)OC(C)=O. The van der Waals surface area contributed by atoms with E-state index in [0.29, 0.717) is 24.2 Å². The Morgan fingerprint density at radius 2 is 1.63 bits per heavy atom. The Labute approximate surface area is 259 Å². The third-order valence-corrected chi connectivity index (χ3v) is 12.7. The molecule has 43 heavy (non-hydrogen) atoms. The number of ether oxygens (including phenoxy) is 3. The average molecular weight is 601 g/mol. The first-order valence-electron chi connectivity index (χ1n) is 16.4. The monoisotopic (exact) mass is 600 g/mol. The van der Waals surface area contributed by atoms with E-state index in [2.05, 4.69) is 53.7 Å². The van der Waals surface area contributed by atoms with Gasteiger partial charge in [-0.3, -0.25) is 14.4 Å². The normalized spacial score (nSPS) is 37.2. The van der Waals surface area contributed by atoms with Crippen LogP contribution in [0, 0.1) is 39.4 Å². The van der Waals surface area contributed by atoms with E-state index in [1.165, 1.54) is 26.3 Å². The molecule has 1 N–H and O–H groups in total.